The van der Waals surface area contributed by atoms with E-state index in [1.165, 1.54) is 25.7 Å². The summed E-state index contributed by atoms with van der Waals surface area (Å²) in [6.45, 7) is 1.56. The SMILES string of the molecule is O=C1C2CCCCC2C[C@@H]2COC[C@H]12. The monoisotopic (exact) mass is 194 g/mol. The van der Waals surface area contributed by atoms with Crippen molar-refractivity contribution in [3.05, 3.63) is 0 Å². The summed E-state index contributed by atoms with van der Waals surface area (Å²) in [6.07, 6.45) is 6.32. The first-order chi connectivity index (χ1) is 6.86. The Kier molecular flexibility index (Phi) is 2.12. The highest BCUT2D eigenvalue weighted by atomic mass is 16.5. The van der Waals surface area contributed by atoms with Crippen LogP contribution in [0.2, 0.25) is 0 Å². The van der Waals surface area contributed by atoms with Gasteiger partial charge in [0.15, 0.2) is 0 Å². The molecule has 2 unspecified atom stereocenters. The fourth-order valence-electron chi connectivity index (χ4n) is 3.67. The van der Waals surface area contributed by atoms with Crippen molar-refractivity contribution < 1.29 is 9.53 Å². The molecule has 78 valence electrons. The topological polar surface area (TPSA) is 26.3 Å². The number of carbonyl (C=O) groups is 1. The van der Waals surface area contributed by atoms with Crippen LogP contribution in [0.25, 0.3) is 0 Å². The van der Waals surface area contributed by atoms with Gasteiger partial charge in [0.25, 0.3) is 0 Å². The van der Waals surface area contributed by atoms with Crippen LogP contribution in [0, 0.1) is 23.7 Å². The highest BCUT2D eigenvalue weighted by Gasteiger charge is 2.46. The molecule has 0 aromatic heterocycles. The molecular formula is C12H18O2. The van der Waals surface area contributed by atoms with Gasteiger partial charge in [-0.3, -0.25) is 4.79 Å². The third-order valence-electron chi connectivity index (χ3n) is 4.44. The quantitative estimate of drug-likeness (QED) is 0.589. The minimum Gasteiger partial charge on any atom is -0.380 e. The molecule has 3 fully saturated rings. The summed E-state index contributed by atoms with van der Waals surface area (Å²) in [4.78, 5) is 12.2. The molecule has 0 radical (unpaired) electrons. The van der Waals surface area contributed by atoms with Gasteiger partial charge in [0.1, 0.15) is 5.78 Å². The Bertz CT molecular complexity index is 249. The summed E-state index contributed by atoms with van der Waals surface area (Å²) in [5.41, 5.74) is 0. The second kappa shape index (κ2) is 3.34. The third kappa shape index (κ3) is 1.23. The molecule has 2 heteroatoms. The van der Waals surface area contributed by atoms with E-state index in [2.05, 4.69) is 0 Å². The van der Waals surface area contributed by atoms with E-state index < -0.39 is 0 Å². The molecule has 14 heavy (non-hydrogen) atoms. The van der Waals surface area contributed by atoms with E-state index in [-0.39, 0.29) is 5.92 Å². The summed E-state index contributed by atoms with van der Waals surface area (Å²) in [6, 6.07) is 0. The summed E-state index contributed by atoms with van der Waals surface area (Å²) in [7, 11) is 0. The zero-order valence-electron chi connectivity index (χ0n) is 8.58. The lowest BCUT2D eigenvalue weighted by Crippen LogP contribution is -2.41. The predicted molar refractivity (Wildman–Crippen MR) is 52.9 cm³/mol. The van der Waals surface area contributed by atoms with Crippen LogP contribution in [-0.2, 0) is 9.53 Å². The number of rotatable bonds is 0. The Labute approximate surface area is 85.0 Å². The second-order valence-corrected chi connectivity index (χ2v) is 5.19. The average Bonchev–Trinajstić information content (AvgIpc) is 2.66. The number of ether oxygens (including phenoxy) is 1. The third-order valence-corrected chi connectivity index (χ3v) is 4.44. The fourth-order valence-corrected chi connectivity index (χ4v) is 3.67. The second-order valence-electron chi connectivity index (χ2n) is 5.19. The van der Waals surface area contributed by atoms with E-state index in [0.29, 0.717) is 30.1 Å². The summed E-state index contributed by atoms with van der Waals surface area (Å²) in [5, 5.41) is 0. The Balaban J connectivity index is 1.82. The number of fused-ring (bicyclic) bond motifs is 2. The highest BCUT2D eigenvalue weighted by Crippen LogP contribution is 2.45. The van der Waals surface area contributed by atoms with Crippen molar-refractivity contribution in [2.24, 2.45) is 23.7 Å². The van der Waals surface area contributed by atoms with Gasteiger partial charge in [-0.1, -0.05) is 12.8 Å². The highest BCUT2D eigenvalue weighted by molar-refractivity contribution is 5.85. The molecule has 4 atom stereocenters. The zero-order chi connectivity index (χ0) is 9.54. The van der Waals surface area contributed by atoms with Crippen LogP contribution in [-0.4, -0.2) is 19.0 Å². The minimum absolute atomic E-state index is 0.273. The van der Waals surface area contributed by atoms with E-state index >= 15 is 0 Å². The molecule has 0 aromatic carbocycles. The van der Waals surface area contributed by atoms with Gasteiger partial charge in [-0.05, 0) is 31.1 Å². The molecule has 0 aromatic rings. The number of carbonyl (C=O) groups excluding carboxylic acids is 1. The average molecular weight is 194 g/mol. The van der Waals surface area contributed by atoms with Gasteiger partial charge in [0.05, 0.1) is 13.2 Å². The first kappa shape index (κ1) is 8.90. The number of hydrogen-bond donors (Lipinski definition) is 0. The van der Waals surface area contributed by atoms with Crippen molar-refractivity contribution in [3.8, 4) is 0 Å². The van der Waals surface area contributed by atoms with Crippen LogP contribution in [0.1, 0.15) is 32.1 Å². The molecule has 1 aliphatic heterocycles. The van der Waals surface area contributed by atoms with Crippen molar-refractivity contribution in [1.82, 2.24) is 0 Å². The standard InChI is InChI=1S/C12H18O2/c13-12-10-4-2-1-3-8(10)5-9-6-14-7-11(9)12/h8-11H,1-7H2/t8?,9-,10?,11+/m1/s1. The fraction of sp³-hybridized carbons (Fsp3) is 0.917. The molecule has 0 spiro atoms. The van der Waals surface area contributed by atoms with Crippen LogP contribution in [0.3, 0.4) is 0 Å². The van der Waals surface area contributed by atoms with E-state index in [0.717, 1.165) is 13.0 Å². The maximum absolute atomic E-state index is 12.2. The molecule has 0 amide bonds. The number of Topliss-reactive ketones (excluding diaryl/α,β-unsaturated/α-hetero) is 1. The largest absolute Gasteiger partial charge is 0.380 e. The molecular weight excluding hydrogens is 176 g/mol. The van der Waals surface area contributed by atoms with Crippen molar-refractivity contribution in [1.29, 1.82) is 0 Å². The number of ketones is 1. The van der Waals surface area contributed by atoms with E-state index in [1.54, 1.807) is 0 Å². The van der Waals surface area contributed by atoms with E-state index in [9.17, 15) is 4.79 Å². The van der Waals surface area contributed by atoms with Gasteiger partial charge in [0, 0.05) is 11.8 Å². The summed E-state index contributed by atoms with van der Waals surface area (Å²) < 4.78 is 5.45. The molecule has 2 nitrogen and oxygen atoms in total. The van der Waals surface area contributed by atoms with Gasteiger partial charge in [0.2, 0.25) is 0 Å². The van der Waals surface area contributed by atoms with Gasteiger partial charge in [-0.25, -0.2) is 0 Å². The van der Waals surface area contributed by atoms with Crippen LogP contribution < -0.4 is 0 Å². The van der Waals surface area contributed by atoms with Crippen LogP contribution in [0.4, 0.5) is 0 Å². The molecule has 1 saturated heterocycles. The maximum atomic E-state index is 12.2. The zero-order valence-corrected chi connectivity index (χ0v) is 8.58. The van der Waals surface area contributed by atoms with Crippen molar-refractivity contribution in [2.75, 3.05) is 13.2 Å². The minimum atomic E-state index is 0.273. The molecule has 2 aliphatic carbocycles. The van der Waals surface area contributed by atoms with Crippen molar-refractivity contribution in [3.63, 3.8) is 0 Å². The maximum Gasteiger partial charge on any atom is 0.141 e. The Morgan fingerprint density at radius 1 is 1.00 bits per heavy atom. The normalized spacial score (nSPS) is 47.3. The Morgan fingerprint density at radius 3 is 2.79 bits per heavy atom. The molecule has 3 rings (SSSR count). The first-order valence-electron chi connectivity index (χ1n) is 5.97. The molecule has 0 bridgehead atoms. The summed E-state index contributed by atoms with van der Waals surface area (Å²) >= 11 is 0. The first-order valence-corrected chi connectivity index (χ1v) is 5.97. The lowest BCUT2D eigenvalue weighted by Gasteiger charge is -2.39. The smallest absolute Gasteiger partial charge is 0.141 e. The van der Waals surface area contributed by atoms with Gasteiger partial charge >= 0.3 is 0 Å². The van der Waals surface area contributed by atoms with Gasteiger partial charge < -0.3 is 4.74 Å². The van der Waals surface area contributed by atoms with E-state index in [1.807, 2.05) is 0 Å². The van der Waals surface area contributed by atoms with Gasteiger partial charge in [-0.15, -0.1) is 0 Å². The van der Waals surface area contributed by atoms with Crippen molar-refractivity contribution >= 4 is 5.78 Å². The number of hydrogen-bond acceptors (Lipinski definition) is 2. The predicted octanol–water partition coefficient (Wildman–Crippen LogP) is 2.03. The Morgan fingerprint density at radius 2 is 1.86 bits per heavy atom. The van der Waals surface area contributed by atoms with Crippen LogP contribution in [0.5, 0.6) is 0 Å². The molecule has 0 N–H and O–H groups in total. The van der Waals surface area contributed by atoms with Gasteiger partial charge in [-0.2, -0.15) is 0 Å². The Hall–Kier alpha value is -0.370. The van der Waals surface area contributed by atoms with Crippen LogP contribution in [0.15, 0.2) is 0 Å². The van der Waals surface area contributed by atoms with Crippen LogP contribution >= 0.6 is 0 Å². The van der Waals surface area contributed by atoms with Crippen molar-refractivity contribution in [2.45, 2.75) is 32.1 Å². The molecule has 3 aliphatic rings. The molecule has 1 heterocycles. The van der Waals surface area contributed by atoms with E-state index in [4.69, 9.17) is 4.74 Å². The lowest BCUT2D eigenvalue weighted by molar-refractivity contribution is -0.134. The lowest BCUT2D eigenvalue weighted by atomic mass is 9.63. The molecule has 2 saturated carbocycles. The summed E-state index contributed by atoms with van der Waals surface area (Å²) in [5.74, 6) is 2.51.